The Kier molecular flexibility index (Phi) is 3.82. The number of alkyl halides is 3. The van der Waals surface area contributed by atoms with Gasteiger partial charge in [-0.2, -0.15) is 13.2 Å². The van der Waals surface area contributed by atoms with Gasteiger partial charge in [-0.3, -0.25) is 0 Å². The third kappa shape index (κ3) is 2.86. The van der Waals surface area contributed by atoms with Crippen molar-refractivity contribution in [2.45, 2.75) is 43.8 Å². The Hall–Kier alpha value is -1.30. The molecule has 116 valence electrons. The summed E-state index contributed by atoms with van der Waals surface area (Å²) >= 11 is 0. The van der Waals surface area contributed by atoms with E-state index in [1.54, 1.807) is 0 Å². The lowest BCUT2D eigenvalue weighted by molar-refractivity contribution is -0.137. The molecule has 2 fully saturated rings. The molecule has 3 rings (SSSR count). The summed E-state index contributed by atoms with van der Waals surface area (Å²) in [7, 11) is 0. The van der Waals surface area contributed by atoms with Gasteiger partial charge in [0.25, 0.3) is 0 Å². The molecular formula is C15H20F3N3. The van der Waals surface area contributed by atoms with E-state index in [0.29, 0.717) is 5.82 Å². The van der Waals surface area contributed by atoms with Crippen LogP contribution in [-0.2, 0) is 6.18 Å². The molecule has 1 saturated heterocycles. The van der Waals surface area contributed by atoms with Crippen LogP contribution >= 0.6 is 0 Å². The lowest BCUT2D eigenvalue weighted by atomic mass is 9.79. The molecule has 0 aromatic carbocycles. The molecule has 1 saturated carbocycles. The Morgan fingerprint density at radius 2 is 1.90 bits per heavy atom. The largest absolute Gasteiger partial charge is 0.417 e. The lowest BCUT2D eigenvalue weighted by Gasteiger charge is -2.50. The van der Waals surface area contributed by atoms with Crippen molar-refractivity contribution in [3.05, 3.63) is 23.9 Å². The van der Waals surface area contributed by atoms with Gasteiger partial charge >= 0.3 is 6.18 Å². The van der Waals surface area contributed by atoms with Gasteiger partial charge in [0, 0.05) is 25.8 Å². The highest BCUT2D eigenvalue weighted by Gasteiger charge is 2.40. The van der Waals surface area contributed by atoms with Gasteiger partial charge in [0.1, 0.15) is 5.82 Å². The van der Waals surface area contributed by atoms with Crippen molar-refractivity contribution in [1.29, 1.82) is 0 Å². The number of anilines is 1. The number of rotatable bonds is 1. The first-order valence-corrected chi connectivity index (χ1v) is 7.53. The molecule has 0 unspecified atom stereocenters. The smallest absolute Gasteiger partial charge is 0.348 e. The summed E-state index contributed by atoms with van der Waals surface area (Å²) in [5.41, 5.74) is -0.650. The second kappa shape index (κ2) is 5.48. The predicted molar refractivity (Wildman–Crippen MR) is 75.3 cm³/mol. The Labute approximate surface area is 122 Å². The molecule has 0 bridgehead atoms. The summed E-state index contributed by atoms with van der Waals surface area (Å²) in [5, 5.41) is 3.43. The minimum Gasteiger partial charge on any atom is -0.348 e. The SMILES string of the molecule is FC(F)(F)c1ccc(N2CCNCC23CCCCC3)nc1. The standard InChI is InChI=1S/C15H20F3N3/c16-15(17,18)12-4-5-13(20-10-12)21-9-8-19-11-14(21)6-2-1-3-7-14/h4-5,10,19H,1-3,6-9,11H2. The molecule has 1 spiro atoms. The average molecular weight is 299 g/mol. The van der Waals surface area contributed by atoms with Crippen LogP contribution in [0.3, 0.4) is 0 Å². The van der Waals surface area contributed by atoms with Crippen LogP contribution < -0.4 is 10.2 Å². The second-order valence-corrected chi connectivity index (χ2v) is 6.02. The minimum atomic E-state index is -4.32. The molecule has 0 radical (unpaired) electrons. The fourth-order valence-electron chi connectivity index (χ4n) is 3.57. The van der Waals surface area contributed by atoms with Gasteiger partial charge < -0.3 is 10.2 Å². The van der Waals surface area contributed by atoms with Gasteiger partial charge in [0.15, 0.2) is 0 Å². The summed E-state index contributed by atoms with van der Waals surface area (Å²) in [6.07, 6.45) is 2.41. The molecule has 6 heteroatoms. The molecule has 2 heterocycles. The average Bonchev–Trinajstić information content (AvgIpc) is 2.48. The van der Waals surface area contributed by atoms with Gasteiger partial charge in [-0.25, -0.2) is 4.98 Å². The first-order chi connectivity index (χ1) is 10.0. The van der Waals surface area contributed by atoms with Crippen LogP contribution in [0.2, 0.25) is 0 Å². The van der Waals surface area contributed by atoms with E-state index in [9.17, 15) is 13.2 Å². The second-order valence-electron chi connectivity index (χ2n) is 6.02. The van der Waals surface area contributed by atoms with Crippen LogP contribution in [0, 0.1) is 0 Å². The Balaban J connectivity index is 1.86. The number of nitrogens with one attached hydrogen (secondary N) is 1. The number of aromatic nitrogens is 1. The van der Waals surface area contributed by atoms with Crippen LogP contribution in [0.1, 0.15) is 37.7 Å². The molecule has 3 nitrogen and oxygen atoms in total. The monoisotopic (exact) mass is 299 g/mol. The zero-order valence-electron chi connectivity index (χ0n) is 11.9. The number of nitrogens with zero attached hydrogens (tertiary/aromatic N) is 2. The first kappa shape index (κ1) is 14.6. The molecular weight excluding hydrogens is 279 g/mol. The number of pyridine rings is 1. The maximum Gasteiger partial charge on any atom is 0.417 e. The molecule has 1 aliphatic carbocycles. The van der Waals surface area contributed by atoms with E-state index in [0.717, 1.165) is 44.7 Å². The zero-order valence-corrected chi connectivity index (χ0v) is 11.9. The van der Waals surface area contributed by atoms with Crippen LogP contribution in [0.25, 0.3) is 0 Å². The molecule has 0 amide bonds. The van der Waals surface area contributed by atoms with Gasteiger partial charge in [-0.1, -0.05) is 19.3 Å². The molecule has 1 aliphatic heterocycles. The van der Waals surface area contributed by atoms with Crippen molar-refractivity contribution < 1.29 is 13.2 Å². The first-order valence-electron chi connectivity index (χ1n) is 7.53. The van der Waals surface area contributed by atoms with E-state index in [1.807, 2.05) is 0 Å². The van der Waals surface area contributed by atoms with E-state index < -0.39 is 11.7 Å². The Morgan fingerprint density at radius 3 is 2.52 bits per heavy atom. The highest BCUT2D eigenvalue weighted by Crippen LogP contribution is 2.37. The molecule has 0 atom stereocenters. The van der Waals surface area contributed by atoms with Crippen molar-refractivity contribution in [2.75, 3.05) is 24.5 Å². The van der Waals surface area contributed by atoms with Gasteiger partial charge in [-0.05, 0) is 25.0 Å². The highest BCUT2D eigenvalue weighted by atomic mass is 19.4. The van der Waals surface area contributed by atoms with Gasteiger partial charge in [0.2, 0.25) is 0 Å². The van der Waals surface area contributed by atoms with Crippen LogP contribution in [0.15, 0.2) is 18.3 Å². The maximum absolute atomic E-state index is 12.6. The van der Waals surface area contributed by atoms with Crippen LogP contribution in [-0.4, -0.2) is 30.2 Å². The van der Waals surface area contributed by atoms with E-state index >= 15 is 0 Å². The number of hydrogen-bond donors (Lipinski definition) is 1. The number of hydrogen-bond acceptors (Lipinski definition) is 3. The molecule has 1 N–H and O–H groups in total. The van der Waals surface area contributed by atoms with E-state index in [1.165, 1.54) is 25.3 Å². The summed E-state index contributed by atoms with van der Waals surface area (Å²) in [6, 6.07) is 2.66. The maximum atomic E-state index is 12.6. The molecule has 21 heavy (non-hydrogen) atoms. The van der Waals surface area contributed by atoms with Crippen LogP contribution in [0.4, 0.5) is 19.0 Å². The highest BCUT2D eigenvalue weighted by molar-refractivity contribution is 5.44. The summed E-state index contributed by atoms with van der Waals surface area (Å²) in [4.78, 5) is 6.32. The molecule has 2 aliphatic rings. The quantitative estimate of drug-likeness (QED) is 0.863. The van der Waals surface area contributed by atoms with Crippen molar-refractivity contribution in [1.82, 2.24) is 10.3 Å². The number of piperazine rings is 1. The van der Waals surface area contributed by atoms with Crippen LogP contribution in [0.5, 0.6) is 0 Å². The Morgan fingerprint density at radius 1 is 1.14 bits per heavy atom. The summed E-state index contributed by atoms with van der Waals surface area (Å²) in [5.74, 6) is 0.673. The normalized spacial score (nSPS) is 22.5. The summed E-state index contributed by atoms with van der Waals surface area (Å²) < 4.78 is 37.9. The van der Waals surface area contributed by atoms with Gasteiger partial charge in [-0.15, -0.1) is 0 Å². The topological polar surface area (TPSA) is 28.2 Å². The fraction of sp³-hybridized carbons (Fsp3) is 0.667. The third-order valence-corrected chi connectivity index (χ3v) is 4.67. The Bertz CT molecular complexity index is 470. The zero-order chi connectivity index (χ0) is 14.9. The van der Waals surface area contributed by atoms with E-state index in [-0.39, 0.29) is 5.54 Å². The van der Waals surface area contributed by atoms with E-state index in [2.05, 4.69) is 15.2 Å². The van der Waals surface area contributed by atoms with Crippen molar-refractivity contribution in [3.8, 4) is 0 Å². The summed E-state index contributed by atoms with van der Waals surface area (Å²) in [6.45, 7) is 2.55. The molecule has 1 aromatic rings. The van der Waals surface area contributed by atoms with Gasteiger partial charge in [0.05, 0.1) is 11.1 Å². The van der Waals surface area contributed by atoms with E-state index in [4.69, 9.17) is 0 Å². The fourth-order valence-corrected chi connectivity index (χ4v) is 3.57. The lowest BCUT2D eigenvalue weighted by Crippen LogP contribution is -2.62. The molecule has 1 aromatic heterocycles. The third-order valence-electron chi connectivity index (χ3n) is 4.67. The predicted octanol–water partition coefficient (Wildman–Crippen LogP) is 3.21. The number of halogens is 3. The minimum absolute atomic E-state index is 0.0310. The van der Waals surface area contributed by atoms with Crippen molar-refractivity contribution >= 4 is 5.82 Å². The van der Waals surface area contributed by atoms with Crippen molar-refractivity contribution in [3.63, 3.8) is 0 Å². The van der Waals surface area contributed by atoms with Crippen molar-refractivity contribution in [2.24, 2.45) is 0 Å².